The number of hydrogen-bond donors (Lipinski definition) is 1. The van der Waals surface area contributed by atoms with Crippen LogP contribution in [0.2, 0.25) is 5.02 Å². The van der Waals surface area contributed by atoms with Gasteiger partial charge in [0.15, 0.2) is 0 Å². The molecule has 1 aromatic heterocycles. The van der Waals surface area contributed by atoms with Crippen LogP contribution in [0.5, 0.6) is 0 Å². The highest BCUT2D eigenvalue weighted by atomic mass is 35.5. The van der Waals surface area contributed by atoms with Crippen LogP contribution in [-0.4, -0.2) is 22.4 Å². The molecule has 1 aliphatic heterocycles. The SMILES string of the molecule is O=C(NCc1ccc(Cl)cc1)c1ccnc(N2CCc3ccccc3C2)n1. The van der Waals surface area contributed by atoms with E-state index >= 15 is 0 Å². The van der Waals surface area contributed by atoms with Crippen molar-refractivity contribution < 1.29 is 4.79 Å². The number of carbonyl (C=O) groups excluding carboxylic acids is 1. The molecule has 0 saturated carbocycles. The molecular weight excluding hydrogens is 360 g/mol. The van der Waals surface area contributed by atoms with Gasteiger partial charge < -0.3 is 10.2 Å². The molecule has 2 heterocycles. The van der Waals surface area contributed by atoms with E-state index in [0.29, 0.717) is 23.2 Å². The van der Waals surface area contributed by atoms with Gasteiger partial charge >= 0.3 is 0 Å². The molecule has 0 bridgehead atoms. The first-order valence-electron chi connectivity index (χ1n) is 8.86. The Morgan fingerprint density at radius 3 is 2.67 bits per heavy atom. The minimum Gasteiger partial charge on any atom is -0.347 e. The number of halogens is 1. The van der Waals surface area contributed by atoms with E-state index in [0.717, 1.165) is 25.1 Å². The van der Waals surface area contributed by atoms with Gasteiger partial charge in [0, 0.05) is 30.9 Å². The van der Waals surface area contributed by atoms with Gasteiger partial charge in [-0.1, -0.05) is 48.0 Å². The molecule has 0 atom stereocenters. The summed E-state index contributed by atoms with van der Waals surface area (Å²) in [6, 6.07) is 17.4. The van der Waals surface area contributed by atoms with Crippen LogP contribution >= 0.6 is 11.6 Å². The minimum absolute atomic E-state index is 0.217. The molecule has 2 aromatic carbocycles. The number of benzene rings is 2. The highest BCUT2D eigenvalue weighted by molar-refractivity contribution is 6.30. The summed E-state index contributed by atoms with van der Waals surface area (Å²) in [5, 5.41) is 3.56. The number of carbonyl (C=O) groups is 1. The van der Waals surface area contributed by atoms with Gasteiger partial charge in [-0.15, -0.1) is 0 Å². The van der Waals surface area contributed by atoms with Gasteiger partial charge in [0.05, 0.1) is 0 Å². The summed E-state index contributed by atoms with van der Waals surface area (Å²) in [5.74, 6) is 0.370. The lowest BCUT2D eigenvalue weighted by atomic mass is 10.0. The Labute approximate surface area is 163 Å². The molecule has 1 amide bonds. The van der Waals surface area contributed by atoms with Crippen molar-refractivity contribution >= 4 is 23.5 Å². The van der Waals surface area contributed by atoms with E-state index < -0.39 is 0 Å². The fourth-order valence-electron chi connectivity index (χ4n) is 3.17. The zero-order chi connectivity index (χ0) is 18.6. The molecule has 27 heavy (non-hydrogen) atoms. The lowest BCUT2D eigenvalue weighted by molar-refractivity contribution is 0.0946. The van der Waals surface area contributed by atoms with Crippen molar-refractivity contribution in [1.82, 2.24) is 15.3 Å². The molecule has 0 saturated heterocycles. The van der Waals surface area contributed by atoms with Crippen LogP contribution in [0.15, 0.2) is 60.8 Å². The van der Waals surface area contributed by atoms with Gasteiger partial charge in [0.25, 0.3) is 5.91 Å². The number of amides is 1. The van der Waals surface area contributed by atoms with Crippen LogP contribution in [0.1, 0.15) is 27.2 Å². The van der Waals surface area contributed by atoms with Gasteiger partial charge in [-0.25, -0.2) is 9.97 Å². The van der Waals surface area contributed by atoms with Gasteiger partial charge in [-0.3, -0.25) is 4.79 Å². The van der Waals surface area contributed by atoms with Crippen molar-refractivity contribution in [2.45, 2.75) is 19.5 Å². The van der Waals surface area contributed by atoms with Gasteiger partial charge in [-0.05, 0) is 41.3 Å². The third-order valence-corrected chi connectivity index (χ3v) is 4.91. The predicted octanol–water partition coefficient (Wildman–Crippen LogP) is 3.62. The predicted molar refractivity (Wildman–Crippen MR) is 106 cm³/mol. The van der Waals surface area contributed by atoms with Crippen molar-refractivity contribution in [2.24, 2.45) is 0 Å². The number of hydrogen-bond acceptors (Lipinski definition) is 4. The summed E-state index contributed by atoms with van der Waals surface area (Å²) in [6.07, 6.45) is 2.59. The molecule has 0 radical (unpaired) electrons. The molecule has 5 nitrogen and oxygen atoms in total. The molecule has 3 aromatic rings. The number of nitrogens with zero attached hydrogens (tertiary/aromatic N) is 3. The first-order chi connectivity index (χ1) is 13.2. The fourth-order valence-corrected chi connectivity index (χ4v) is 3.29. The summed E-state index contributed by atoms with van der Waals surface area (Å²) in [5.41, 5.74) is 4.00. The normalized spacial score (nSPS) is 13.1. The van der Waals surface area contributed by atoms with E-state index in [2.05, 4.69) is 38.4 Å². The Kier molecular flexibility index (Phi) is 5.03. The van der Waals surface area contributed by atoms with Gasteiger partial charge in [-0.2, -0.15) is 0 Å². The Balaban J connectivity index is 1.44. The average molecular weight is 379 g/mol. The van der Waals surface area contributed by atoms with Crippen molar-refractivity contribution in [3.05, 3.63) is 88.2 Å². The van der Waals surface area contributed by atoms with E-state index in [1.807, 2.05) is 18.2 Å². The second kappa shape index (κ2) is 7.76. The van der Waals surface area contributed by atoms with Crippen molar-refractivity contribution in [3.63, 3.8) is 0 Å². The molecule has 0 spiro atoms. The molecule has 0 unspecified atom stereocenters. The Bertz CT molecular complexity index is 958. The standard InChI is InChI=1S/C21H19ClN4O/c22-18-7-5-15(6-8-18)13-24-20(27)19-9-11-23-21(25-19)26-12-10-16-3-1-2-4-17(16)14-26/h1-9,11H,10,12-14H2,(H,24,27). The lowest BCUT2D eigenvalue weighted by Crippen LogP contribution is -2.32. The Morgan fingerprint density at radius 2 is 1.85 bits per heavy atom. The van der Waals surface area contributed by atoms with Crippen LogP contribution in [0, 0.1) is 0 Å². The average Bonchev–Trinajstić information content (AvgIpc) is 2.73. The van der Waals surface area contributed by atoms with Crippen molar-refractivity contribution in [1.29, 1.82) is 0 Å². The number of rotatable bonds is 4. The molecule has 1 aliphatic rings. The smallest absolute Gasteiger partial charge is 0.270 e. The minimum atomic E-state index is -0.217. The van der Waals surface area contributed by atoms with Crippen LogP contribution in [0.3, 0.4) is 0 Å². The maximum atomic E-state index is 12.5. The summed E-state index contributed by atoms with van der Waals surface area (Å²) in [7, 11) is 0. The third-order valence-electron chi connectivity index (χ3n) is 4.66. The van der Waals surface area contributed by atoms with Crippen LogP contribution in [0.25, 0.3) is 0 Å². The summed E-state index contributed by atoms with van der Waals surface area (Å²) in [6.45, 7) is 2.02. The quantitative estimate of drug-likeness (QED) is 0.753. The monoisotopic (exact) mass is 378 g/mol. The third kappa shape index (κ3) is 4.09. The van der Waals surface area contributed by atoms with Crippen LogP contribution in [0.4, 0.5) is 5.95 Å². The largest absolute Gasteiger partial charge is 0.347 e. The molecule has 1 N–H and O–H groups in total. The second-order valence-corrected chi connectivity index (χ2v) is 6.93. The molecule has 4 rings (SSSR count). The van der Waals surface area contributed by atoms with E-state index in [1.54, 1.807) is 24.4 Å². The molecule has 136 valence electrons. The van der Waals surface area contributed by atoms with E-state index in [9.17, 15) is 4.79 Å². The fraction of sp³-hybridized carbons (Fsp3) is 0.190. The number of nitrogens with one attached hydrogen (secondary N) is 1. The summed E-state index contributed by atoms with van der Waals surface area (Å²) in [4.78, 5) is 23.4. The van der Waals surface area contributed by atoms with Crippen LogP contribution < -0.4 is 10.2 Å². The van der Waals surface area contributed by atoms with E-state index in [1.165, 1.54) is 11.1 Å². The van der Waals surface area contributed by atoms with Crippen molar-refractivity contribution in [3.8, 4) is 0 Å². The number of fused-ring (bicyclic) bond motifs is 1. The zero-order valence-corrected chi connectivity index (χ0v) is 15.5. The van der Waals surface area contributed by atoms with E-state index in [4.69, 9.17) is 11.6 Å². The molecule has 0 fully saturated rings. The Morgan fingerprint density at radius 1 is 1.07 bits per heavy atom. The number of aromatic nitrogens is 2. The highest BCUT2D eigenvalue weighted by Crippen LogP contribution is 2.21. The molecular formula is C21H19ClN4O. The zero-order valence-electron chi connectivity index (χ0n) is 14.7. The number of anilines is 1. The van der Waals surface area contributed by atoms with Crippen molar-refractivity contribution in [2.75, 3.05) is 11.4 Å². The lowest BCUT2D eigenvalue weighted by Gasteiger charge is -2.28. The first kappa shape index (κ1) is 17.5. The summed E-state index contributed by atoms with van der Waals surface area (Å²) >= 11 is 5.88. The van der Waals surface area contributed by atoms with E-state index in [-0.39, 0.29) is 5.91 Å². The molecule has 0 aliphatic carbocycles. The second-order valence-electron chi connectivity index (χ2n) is 6.49. The van der Waals surface area contributed by atoms with Crippen LogP contribution in [-0.2, 0) is 19.5 Å². The topological polar surface area (TPSA) is 58.1 Å². The highest BCUT2D eigenvalue weighted by Gasteiger charge is 2.19. The van der Waals surface area contributed by atoms with Gasteiger partial charge in [0.1, 0.15) is 5.69 Å². The first-order valence-corrected chi connectivity index (χ1v) is 9.24. The molecule has 6 heteroatoms. The Hall–Kier alpha value is -2.92. The maximum Gasteiger partial charge on any atom is 0.270 e. The van der Waals surface area contributed by atoms with Gasteiger partial charge in [0.2, 0.25) is 5.95 Å². The maximum absolute atomic E-state index is 12.5. The summed E-state index contributed by atoms with van der Waals surface area (Å²) < 4.78 is 0.